The lowest BCUT2D eigenvalue weighted by Crippen LogP contribution is -2.26. The summed E-state index contributed by atoms with van der Waals surface area (Å²) in [6.45, 7) is 2.18. The Balaban J connectivity index is 2.17. The first-order valence-electron chi connectivity index (χ1n) is 5.87. The first-order valence-corrected chi connectivity index (χ1v) is 5.87. The third-order valence-electron chi connectivity index (χ3n) is 2.83. The molecule has 0 spiro atoms. The van der Waals surface area contributed by atoms with Crippen LogP contribution < -0.4 is 5.73 Å². The highest BCUT2D eigenvalue weighted by Gasteiger charge is 2.18. The van der Waals surface area contributed by atoms with E-state index < -0.39 is 0 Å². The fourth-order valence-corrected chi connectivity index (χ4v) is 1.82. The van der Waals surface area contributed by atoms with E-state index in [1.807, 2.05) is 19.1 Å². The summed E-state index contributed by atoms with van der Waals surface area (Å²) < 4.78 is 5.41. The molecule has 100 valence electrons. The number of anilines is 1. The Morgan fingerprint density at radius 1 is 1.37 bits per heavy atom. The summed E-state index contributed by atoms with van der Waals surface area (Å²) in [6, 6.07) is 8.37. The minimum atomic E-state index is -0.307. The SMILES string of the molecule is Cc1ccc(CN(C)C(=O)c2cccc(N)c2O)o1. The molecule has 19 heavy (non-hydrogen) atoms. The van der Waals surface area contributed by atoms with Crippen molar-refractivity contribution in [1.29, 1.82) is 0 Å². The van der Waals surface area contributed by atoms with Crippen molar-refractivity contribution in [1.82, 2.24) is 4.90 Å². The second kappa shape index (κ2) is 5.06. The molecule has 0 aliphatic heterocycles. The Bertz CT molecular complexity index is 604. The number of phenols is 1. The Kier molecular flexibility index (Phi) is 3.46. The number of para-hydroxylation sites is 1. The number of rotatable bonds is 3. The van der Waals surface area contributed by atoms with E-state index in [1.165, 1.54) is 11.0 Å². The van der Waals surface area contributed by atoms with Gasteiger partial charge in [-0.2, -0.15) is 0 Å². The van der Waals surface area contributed by atoms with Gasteiger partial charge in [0.2, 0.25) is 0 Å². The molecule has 0 radical (unpaired) electrons. The second-order valence-electron chi connectivity index (χ2n) is 4.42. The van der Waals surface area contributed by atoms with E-state index in [9.17, 15) is 9.90 Å². The zero-order valence-corrected chi connectivity index (χ0v) is 10.9. The van der Waals surface area contributed by atoms with Crippen LogP contribution in [0.1, 0.15) is 21.9 Å². The standard InChI is InChI=1S/C14H16N2O3/c1-9-6-7-10(19-9)8-16(2)14(18)11-4-3-5-12(15)13(11)17/h3-7,17H,8,15H2,1-2H3. The summed E-state index contributed by atoms with van der Waals surface area (Å²) >= 11 is 0. The van der Waals surface area contributed by atoms with Gasteiger partial charge in [0.25, 0.3) is 5.91 Å². The molecule has 0 atom stereocenters. The highest BCUT2D eigenvalue weighted by molar-refractivity contribution is 5.98. The Hall–Kier alpha value is -2.43. The quantitative estimate of drug-likeness (QED) is 0.654. The van der Waals surface area contributed by atoms with Crippen molar-refractivity contribution in [3.8, 4) is 5.75 Å². The molecule has 0 aliphatic carbocycles. The smallest absolute Gasteiger partial charge is 0.257 e. The van der Waals surface area contributed by atoms with Gasteiger partial charge in [0.15, 0.2) is 5.75 Å². The number of furan rings is 1. The summed E-state index contributed by atoms with van der Waals surface area (Å²) in [5, 5.41) is 9.79. The van der Waals surface area contributed by atoms with Crippen LogP contribution in [0.15, 0.2) is 34.7 Å². The van der Waals surface area contributed by atoms with Crippen molar-refractivity contribution in [3.05, 3.63) is 47.4 Å². The van der Waals surface area contributed by atoms with Crippen LogP contribution in [0.3, 0.4) is 0 Å². The molecule has 5 nitrogen and oxygen atoms in total. The first kappa shape index (κ1) is 13.0. The Morgan fingerprint density at radius 2 is 2.11 bits per heavy atom. The van der Waals surface area contributed by atoms with Gasteiger partial charge in [0, 0.05) is 7.05 Å². The van der Waals surface area contributed by atoms with E-state index in [4.69, 9.17) is 10.2 Å². The summed E-state index contributed by atoms with van der Waals surface area (Å²) in [7, 11) is 1.64. The minimum Gasteiger partial charge on any atom is -0.505 e. The average Bonchev–Trinajstić information content (AvgIpc) is 2.77. The number of carbonyl (C=O) groups excluding carboxylic acids is 1. The Morgan fingerprint density at radius 3 is 2.74 bits per heavy atom. The van der Waals surface area contributed by atoms with Gasteiger partial charge in [-0.05, 0) is 31.2 Å². The molecule has 0 aliphatic rings. The van der Waals surface area contributed by atoms with Crippen molar-refractivity contribution in [2.45, 2.75) is 13.5 Å². The molecule has 1 amide bonds. The van der Waals surface area contributed by atoms with E-state index in [2.05, 4.69) is 0 Å². The number of benzene rings is 1. The molecule has 1 aromatic heterocycles. The molecule has 1 heterocycles. The monoisotopic (exact) mass is 260 g/mol. The number of nitrogens with zero attached hydrogens (tertiary/aromatic N) is 1. The number of hydrogen-bond acceptors (Lipinski definition) is 4. The molecule has 0 unspecified atom stereocenters. The van der Waals surface area contributed by atoms with Crippen LogP contribution >= 0.6 is 0 Å². The molecule has 0 saturated carbocycles. The number of amides is 1. The number of aromatic hydroxyl groups is 1. The van der Waals surface area contributed by atoms with Gasteiger partial charge in [0.1, 0.15) is 11.5 Å². The van der Waals surface area contributed by atoms with Gasteiger partial charge in [-0.1, -0.05) is 6.07 Å². The predicted molar refractivity (Wildman–Crippen MR) is 71.8 cm³/mol. The molecule has 3 N–H and O–H groups in total. The van der Waals surface area contributed by atoms with Gasteiger partial charge in [-0.15, -0.1) is 0 Å². The highest BCUT2D eigenvalue weighted by Crippen LogP contribution is 2.25. The molecule has 0 bridgehead atoms. The van der Waals surface area contributed by atoms with Crippen LogP contribution in [0, 0.1) is 6.92 Å². The average molecular weight is 260 g/mol. The first-order chi connectivity index (χ1) is 8.99. The van der Waals surface area contributed by atoms with Crippen molar-refractivity contribution >= 4 is 11.6 Å². The van der Waals surface area contributed by atoms with E-state index in [1.54, 1.807) is 19.2 Å². The van der Waals surface area contributed by atoms with Gasteiger partial charge >= 0.3 is 0 Å². The fraction of sp³-hybridized carbons (Fsp3) is 0.214. The van der Waals surface area contributed by atoms with Gasteiger partial charge in [-0.25, -0.2) is 0 Å². The third kappa shape index (κ3) is 2.70. The predicted octanol–water partition coefficient (Wildman–Crippen LogP) is 2.15. The summed E-state index contributed by atoms with van der Waals surface area (Å²) in [4.78, 5) is 13.7. The van der Waals surface area contributed by atoms with E-state index in [0.29, 0.717) is 12.3 Å². The number of nitrogens with two attached hydrogens (primary N) is 1. The maximum atomic E-state index is 12.2. The molecule has 5 heteroatoms. The largest absolute Gasteiger partial charge is 0.505 e. The maximum absolute atomic E-state index is 12.2. The van der Waals surface area contributed by atoms with Crippen LogP contribution in [0.2, 0.25) is 0 Å². The van der Waals surface area contributed by atoms with Crippen molar-refractivity contribution in [2.24, 2.45) is 0 Å². The fourth-order valence-electron chi connectivity index (χ4n) is 1.82. The summed E-state index contributed by atoms with van der Waals surface area (Å²) in [6.07, 6.45) is 0. The summed E-state index contributed by atoms with van der Waals surface area (Å²) in [5.74, 6) is 0.994. The molecule has 2 rings (SSSR count). The molecule has 0 saturated heterocycles. The number of nitrogen functional groups attached to an aromatic ring is 1. The van der Waals surface area contributed by atoms with Crippen LogP contribution in [0.5, 0.6) is 5.75 Å². The maximum Gasteiger partial charge on any atom is 0.257 e. The zero-order valence-electron chi connectivity index (χ0n) is 10.9. The van der Waals surface area contributed by atoms with E-state index >= 15 is 0 Å². The molecule has 0 fully saturated rings. The van der Waals surface area contributed by atoms with E-state index in [-0.39, 0.29) is 22.9 Å². The van der Waals surface area contributed by atoms with Gasteiger partial charge < -0.3 is 20.2 Å². The number of aryl methyl sites for hydroxylation is 1. The third-order valence-corrected chi connectivity index (χ3v) is 2.83. The van der Waals surface area contributed by atoms with E-state index in [0.717, 1.165) is 5.76 Å². The number of hydrogen-bond donors (Lipinski definition) is 2. The van der Waals surface area contributed by atoms with Crippen molar-refractivity contribution in [2.75, 3.05) is 12.8 Å². The molecule has 1 aromatic carbocycles. The number of phenolic OH excluding ortho intramolecular Hbond substituents is 1. The van der Waals surface area contributed by atoms with Gasteiger partial charge in [0.05, 0.1) is 17.8 Å². The zero-order chi connectivity index (χ0) is 14.0. The topological polar surface area (TPSA) is 79.7 Å². The van der Waals surface area contributed by atoms with Crippen LogP contribution in [-0.2, 0) is 6.54 Å². The number of carbonyl (C=O) groups is 1. The summed E-state index contributed by atoms with van der Waals surface area (Å²) in [5.41, 5.74) is 5.95. The lowest BCUT2D eigenvalue weighted by molar-refractivity contribution is 0.0772. The van der Waals surface area contributed by atoms with Gasteiger partial charge in [-0.3, -0.25) is 4.79 Å². The second-order valence-corrected chi connectivity index (χ2v) is 4.42. The van der Waals surface area contributed by atoms with Crippen LogP contribution in [0.25, 0.3) is 0 Å². The van der Waals surface area contributed by atoms with Crippen LogP contribution in [-0.4, -0.2) is 23.0 Å². The normalized spacial score (nSPS) is 10.4. The molecule has 2 aromatic rings. The minimum absolute atomic E-state index is 0.185. The Labute approximate surface area is 111 Å². The lowest BCUT2D eigenvalue weighted by atomic mass is 10.1. The highest BCUT2D eigenvalue weighted by atomic mass is 16.3. The lowest BCUT2D eigenvalue weighted by Gasteiger charge is -2.17. The van der Waals surface area contributed by atoms with Crippen molar-refractivity contribution in [3.63, 3.8) is 0 Å². The van der Waals surface area contributed by atoms with Crippen molar-refractivity contribution < 1.29 is 14.3 Å². The van der Waals surface area contributed by atoms with Crippen LogP contribution in [0.4, 0.5) is 5.69 Å². The molecular formula is C14H16N2O3. The molecular weight excluding hydrogens is 244 g/mol.